The predicted octanol–water partition coefficient (Wildman–Crippen LogP) is 2.03. The van der Waals surface area contributed by atoms with Crippen LogP contribution in [0.2, 0.25) is 0 Å². The number of ether oxygens (including phenoxy) is 1. The molecular formula is C15H22N2O2. The molecule has 0 fully saturated rings. The number of para-hydroxylation sites is 1. The van der Waals surface area contributed by atoms with Gasteiger partial charge in [0.1, 0.15) is 24.5 Å². The zero-order chi connectivity index (χ0) is 14.3. The number of rotatable bonds is 7. The van der Waals surface area contributed by atoms with Gasteiger partial charge in [-0.3, -0.25) is 4.90 Å². The second-order valence-corrected chi connectivity index (χ2v) is 4.75. The number of likely N-dealkylation sites (N-methyl/N-ethyl adjacent to an activating group) is 1. The second kappa shape index (κ2) is 7.78. The van der Waals surface area contributed by atoms with E-state index in [1.807, 2.05) is 6.07 Å². The average molecular weight is 262 g/mol. The normalized spacial score (nSPS) is 12.5. The Bertz CT molecular complexity index is 426. The van der Waals surface area contributed by atoms with Crippen LogP contribution in [0.3, 0.4) is 0 Å². The van der Waals surface area contributed by atoms with Crippen LogP contribution < -0.4 is 4.74 Å². The minimum atomic E-state index is -0.561. The number of benzene rings is 1. The zero-order valence-corrected chi connectivity index (χ0v) is 11.8. The third-order valence-electron chi connectivity index (χ3n) is 3.02. The molecular weight excluding hydrogens is 240 g/mol. The lowest BCUT2D eigenvalue weighted by atomic mass is 10.2. The predicted molar refractivity (Wildman–Crippen MR) is 75.0 cm³/mol. The lowest BCUT2D eigenvalue weighted by Gasteiger charge is -2.27. The molecule has 1 unspecified atom stereocenters. The summed E-state index contributed by atoms with van der Waals surface area (Å²) in [4.78, 5) is 2.17. The van der Waals surface area contributed by atoms with Crippen LogP contribution in [0.4, 0.5) is 0 Å². The molecule has 1 N–H and O–H groups in total. The summed E-state index contributed by atoms with van der Waals surface area (Å²) in [5, 5.41) is 18.9. The van der Waals surface area contributed by atoms with E-state index in [2.05, 4.69) is 31.7 Å². The van der Waals surface area contributed by atoms with Crippen LogP contribution in [0.1, 0.15) is 26.3 Å². The summed E-state index contributed by atoms with van der Waals surface area (Å²) < 4.78 is 5.52. The number of hydrogen-bond donors (Lipinski definition) is 1. The van der Waals surface area contributed by atoms with Crippen LogP contribution in [-0.2, 0) is 0 Å². The van der Waals surface area contributed by atoms with Crippen LogP contribution in [-0.4, -0.2) is 41.8 Å². The fourth-order valence-corrected chi connectivity index (χ4v) is 1.90. The lowest BCUT2D eigenvalue weighted by Crippen LogP contribution is -2.39. The molecule has 0 aliphatic rings. The molecule has 0 bridgehead atoms. The maximum absolute atomic E-state index is 9.97. The Hall–Kier alpha value is -1.57. The molecule has 0 saturated heterocycles. The van der Waals surface area contributed by atoms with E-state index in [0.717, 1.165) is 6.54 Å². The van der Waals surface area contributed by atoms with Gasteiger partial charge in [-0.25, -0.2) is 0 Å². The first-order chi connectivity index (χ1) is 9.08. The van der Waals surface area contributed by atoms with Crippen molar-refractivity contribution in [1.29, 1.82) is 5.26 Å². The molecule has 1 atom stereocenters. The van der Waals surface area contributed by atoms with Crippen molar-refractivity contribution in [2.24, 2.45) is 0 Å². The Morgan fingerprint density at radius 3 is 2.63 bits per heavy atom. The van der Waals surface area contributed by atoms with Crippen molar-refractivity contribution in [3.63, 3.8) is 0 Å². The number of aliphatic hydroxyl groups excluding tert-OH is 1. The maximum Gasteiger partial charge on any atom is 0.137 e. The van der Waals surface area contributed by atoms with Gasteiger partial charge in [-0.2, -0.15) is 5.26 Å². The largest absolute Gasteiger partial charge is 0.489 e. The first kappa shape index (κ1) is 15.5. The first-order valence-corrected chi connectivity index (χ1v) is 6.62. The Morgan fingerprint density at radius 2 is 2.05 bits per heavy atom. The van der Waals surface area contributed by atoms with Crippen molar-refractivity contribution < 1.29 is 9.84 Å². The zero-order valence-electron chi connectivity index (χ0n) is 11.8. The molecule has 0 aromatic heterocycles. The van der Waals surface area contributed by atoms with Crippen molar-refractivity contribution in [1.82, 2.24) is 4.90 Å². The standard InChI is InChI=1S/C15H22N2O2/c1-4-17(12(2)3)10-14(18)11-19-15-8-6-5-7-13(15)9-16/h5-8,12,14,18H,4,10-11H2,1-3H3. The van der Waals surface area contributed by atoms with Crippen molar-refractivity contribution in [2.45, 2.75) is 32.9 Å². The second-order valence-electron chi connectivity index (χ2n) is 4.75. The molecule has 4 heteroatoms. The molecule has 0 heterocycles. The van der Waals surface area contributed by atoms with Gasteiger partial charge in [0.15, 0.2) is 0 Å². The molecule has 19 heavy (non-hydrogen) atoms. The Morgan fingerprint density at radius 1 is 1.37 bits per heavy atom. The highest BCUT2D eigenvalue weighted by molar-refractivity contribution is 5.42. The van der Waals surface area contributed by atoms with Gasteiger partial charge in [-0.15, -0.1) is 0 Å². The molecule has 0 radical (unpaired) electrons. The molecule has 1 aromatic carbocycles. The number of aliphatic hydroxyl groups is 1. The topological polar surface area (TPSA) is 56.5 Å². The van der Waals surface area contributed by atoms with Gasteiger partial charge in [0.2, 0.25) is 0 Å². The minimum absolute atomic E-state index is 0.196. The van der Waals surface area contributed by atoms with Crippen molar-refractivity contribution in [3.8, 4) is 11.8 Å². The Balaban J connectivity index is 2.50. The van der Waals surface area contributed by atoms with Crippen molar-refractivity contribution in [2.75, 3.05) is 19.7 Å². The highest BCUT2D eigenvalue weighted by Crippen LogP contribution is 2.16. The highest BCUT2D eigenvalue weighted by atomic mass is 16.5. The summed E-state index contributed by atoms with van der Waals surface area (Å²) in [6.07, 6.45) is -0.561. The molecule has 0 saturated carbocycles. The van der Waals surface area contributed by atoms with Gasteiger partial charge in [-0.05, 0) is 32.5 Å². The van der Waals surface area contributed by atoms with Gasteiger partial charge in [0.05, 0.1) is 5.56 Å². The minimum Gasteiger partial charge on any atom is -0.489 e. The van der Waals surface area contributed by atoms with Gasteiger partial charge < -0.3 is 9.84 Å². The quantitative estimate of drug-likeness (QED) is 0.817. The molecule has 1 rings (SSSR count). The molecule has 4 nitrogen and oxygen atoms in total. The molecule has 1 aromatic rings. The maximum atomic E-state index is 9.97. The molecule has 0 aliphatic carbocycles. The summed E-state index contributed by atoms with van der Waals surface area (Å²) in [6, 6.07) is 9.52. The van der Waals surface area contributed by atoms with E-state index in [1.54, 1.807) is 18.2 Å². The molecule has 0 amide bonds. The van der Waals surface area contributed by atoms with Crippen LogP contribution in [0.15, 0.2) is 24.3 Å². The third-order valence-corrected chi connectivity index (χ3v) is 3.02. The molecule has 0 aliphatic heterocycles. The Labute approximate surface area is 115 Å². The SMILES string of the molecule is CCN(CC(O)COc1ccccc1C#N)C(C)C. The van der Waals surface area contributed by atoms with Crippen LogP contribution >= 0.6 is 0 Å². The fraction of sp³-hybridized carbons (Fsp3) is 0.533. The molecule has 104 valence electrons. The van der Waals surface area contributed by atoms with E-state index in [9.17, 15) is 5.11 Å². The van der Waals surface area contributed by atoms with E-state index in [1.165, 1.54) is 0 Å². The van der Waals surface area contributed by atoms with Crippen LogP contribution in [0.25, 0.3) is 0 Å². The first-order valence-electron chi connectivity index (χ1n) is 6.62. The summed E-state index contributed by atoms with van der Waals surface area (Å²) in [6.45, 7) is 7.93. The number of hydrogen-bond acceptors (Lipinski definition) is 4. The van der Waals surface area contributed by atoms with Gasteiger partial charge in [0.25, 0.3) is 0 Å². The average Bonchev–Trinajstić information content (AvgIpc) is 2.42. The number of nitrogens with zero attached hydrogens (tertiary/aromatic N) is 2. The monoisotopic (exact) mass is 262 g/mol. The van der Waals surface area contributed by atoms with Crippen molar-refractivity contribution >= 4 is 0 Å². The van der Waals surface area contributed by atoms with E-state index in [-0.39, 0.29) is 6.61 Å². The highest BCUT2D eigenvalue weighted by Gasteiger charge is 2.14. The van der Waals surface area contributed by atoms with Gasteiger partial charge in [0, 0.05) is 12.6 Å². The fourth-order valence-electron chi connectivity index (χ4n) is 1.90. The van der Waals surface area contributed by atoms with E-state index < -0.39 is 6.10 Å². The van der Waals surface area contributed by atoms with Crippen LogP contribution in [0, 0.1) is 11.3 Å². The van der Waals surface area contributed by atoms with E-state index in [4.69, 9.17) is 10.00 Å². The third kappa shape index (κ3) is 4.90. The molecule has 0 spiro atoms. The van der Waals surface area contributed by atoms with E-state index >= 15 is 0 Å². The van der Waals surface area contributed by atoms with Gasteiger partial charge >= 0.3 is 0 Å². The van der Waals surface area contributed by atoms with Crippen LogP contribution in [0.5, 0.6) is 5.75 Å². The lowest BCUT2D eigenvalue weighted by molar-refractivity contribution is 0.0596. The summed E-state index contributed by atoms with van der Waals surface area (Å²) in [7, 11) is 0. The smallest absolute Gasteiger partial charge is 0.137 e. The Kier molecular flexibility index (Phi) is 6.34. The summed E-state index contributed by atoms with van der Waals surface area (Å²) >= 11 is 0. The summed E-state index contributed by atoms with van der Waals surface area (Å²) in [5.41, 5.74) is 0.492. The van der Waals surface area contributed by atoms with E-state index in [0.29, 0.717) is 23.9 Å². The van der Waals surface area contributed by atoms with Crippen molar-refractivity contribution in [3.05, 3.63) is 29.8 Å². The number of nitriles is 1. The summed E-state index contributed by atoms with van der Waals surface area (Å²) in [5.74, 6) is 0.525. The van der Waals surface area contributed by atoms with Gasteiger partial charge in [-0.1, -0.05) is 19.1 Å².